The van der Waals surface area contributed by atoms with Gasteiger partial charge in [-0.05, 0) is 42.4 Å². The van der Waals surface area contributed by atoms with Crippen LogP contribution in [-0.4, -0.2) is 12.5 Å². The summed E-state index contributed by atoms with van der Waals surface area (Å²) in [5, 5.41) is 3.47. The largest absolute Gasteiger partial charge is 0.455 e. The van der Waals surface area contributed by atoms with Gasteiger partial charge in [0.25, 0.3) is 5.91 Å². The highest BCUT2D eigenvalue weighted by Gasteiger charge is 2.17. The minimum Gasteiger partial charge on any atom is -0.455 e. The summed E-state index contributed by atoms with van der Waals surface area (Å²) in [6.07, 6.45) is 0. The predicted molar refractivity (Wildman–Crippen MR) is 87.5 cm³/mol. The Morgan fingerprint density at radius 3 is 2.67 bits per heavy atom. The van der Waals surface area contributed by atoms with E-state index in [0.717, 1.165) is 18.2 Å². The molecule has 4 nitrogen and oxygen atoms in total. The number of carbonyl (C=O) groups is 1. The van der Waals surface area contributed by atoms with Gasteiger partial charge in [0.05, 0.1) is 11.1 Å². The maximum Gasteiger partial charge on any atom is 0.252 e. The summed E-state index contributed by atoms with van der Waals surface area (Å²) in [5.74, 6) is -1.65. The molecule has 0 saturated carbocycles. The zero-order chi connectivity index (χ0) is 17.3. The number of halogens is 2. The van der Waals surface area contributed by atoms with E-state index in [1.54, 1.807) is 12.1 Å². The second kappa shape index (κ2) is 6.41. The van der Waals surface area contributed by atoms with E-state index in [1.165, 1.54) is 18.2 Å². The molecule has 0 spiro atoms. The fourth-order valence-corrected chi connectivity index (χ4v) is 2.57. The lowest BCUT2D eigenvalue weighted by Gasteiger charge is -2.05. The minimum atomic E-state index is -0.804. The molecule has 0 unspecified atom stereocenters. The Morgan fingerprint density at radius 2 is 2.00 bits per heavy atom. The number of hydrogen-bond acceptors (Lipinski definition) is 3. The molecule has 6 heteroatoms. The van der Waals surface area contributed by atoms with E-state index in [4.69, 9.17) is 10.2 Å². The van der Waals surface area contributed by atoms with Crippen molar-refractivity contribution >= 4 is 16.9 Å². The number of primary amides is 1. The van der Waals surface area contributed by atoms with Gasteiger partial charge in [0.15, 0.2) is 0 Å². The van der Waals surface area contributed by atoms with Crippen molar-refractivity contribution in [2.45, 2.75) is 13.5 Å². The smallest absolute Gasteiger partial charge is 0.252 e. The zero-order valence-electron chi connectivity index (χ0n) is 13.0. The molecule has 24 heavy (non-hydrogen) atoms. The number of nitrogens with one attached hydrogen (secondary N) is 1. The Hall–Kier alpha value is -2.73. The first kappa shape index (κ1) is 16.1. The Kier molecular flexibility index (Phi) is 4.31. The fourth-order valence-electron chi connectivity index (χ4n) is 2.57. The zero-order valence-corrected chi connectivity index (χ0v) is 13.0. The summed E-state index contributed by atoms with van der Waals surface area (Å²) in [5.41, 5.74) is 6.37. The number of amides is 1. The molecule has 0 aliphatic carbocycles. The molecule has 124 valence electrons. The van der Waals surface area contributed by atoms with Crippen LogP contribution in [0.4, 0.5) is 8.78 Å². The molecular weight excluding hydrogens is 314 g/mol. The van der Waals surface area contributed by atoms with Crippen molar-refractivity contribution in [2.75, 3.05) is 6.54 Å². The van der Waals surface area contributed by atoms with Crippen LogP contribution in [0, 0.1) is 11.6 Å². The third-order valence-corrected chi connectivity index (χ3v) is 3.72. The van der Waals surface area contributed by atoms with E-state index in [0.29, 0.717) is 11.9 Å². The summed E-state index contributed by atoms with van der Waals surface area (Å²) in [7, 11) is 0. The highest BCUT2D eigenvalue weighted by atomic mass is 19.1. The first-order chi connectivity index (χ1) is 11.5. The molecule has 0 saturated heterocycles. The van der Waals surface area contributed by atoms with Crippen LogP contribution in [0.25, 0.3) is 22.3 Å². The summed E-state index contributed by atoms with van der Waals surface area (Å²) >= 11 is 0. The van der Waals surface area contributed by atoms with Gasteiger partial charge in [0, 0.05) is 11.9 Å². The van der Waals surface area contributed by atoms with Gasteiger partial charge in [-0.25, -0.2) is 8.78 Å². The first-order valence-corrected chi connectivity index (χ1v) is 7.52. The molecule has 1 amide bonds. The van der Waals surface area contributed by atoms with Crippen molar-refractivity contribution in [3.05, 3.63) is 59.2 Å². The van der Waals surface area contributed by atoms with E-state index >= 15 is 0 Å². The van der Waals surface area contributed by atoms with E-state index < -0.39 is 17.5 Å². The number of benzene rings is 2. The summed E-state index contributed by atoms with van der Waals surface area (Å²) in [6.45, 7) is 3.31. The van der Waals surface area contributed by atoms with E-state index in [2.05, 4.69) is 5.32 Å². The Morgan fingerprint density at radius 1 is 1.21 bits per heavy atom. The Bertz CT molecular complexity index is 919. The fraction of sp³-hybridized carbons (Fsp3) is 0.167. The average Bonchev–Trinajstić information content (AvgIpc) is 2.95. The second-order valence-corrected chi connectivity index (χ2v) is 5.44. The number of furan rings is 1. The number of rotatable bonds is 5. The second-order valence-electron chi connectivity index (χ2n) is 5.44. The van der Waals surface area contributed by atoms with Gasteiger partial charge in [-0.2, -0.15) is 0 Å². The molecule has 1 aromatic heterocycles. The number of hydrogen-bond donors (Lipinski definition) is 2. The van der Waals surface area contributed by atoms with Crippen molar-refractivity contribution in [2.24, 2.45) is 5.73 Å². The molecule has 3 rings (SSSR count). The lowest BCUT2D eigenvalue weighted by Crippen LogP contribution is -2.11. The van der Waals surface area contributed by atoms with Crippen LogP contribution in [0.2, 0.25) is 0 Å². The van der Waals surface area contributed by atoms with Gasteiger partial charge in [-0.15, -0.1) is 0 Å². The van der Waals surface area contributed by atoms with Gasteiger partial charge >= 0.3 is 0 Å². The van der Waals surface area contributed by atoms with Crippen LogP contribution in [0.3, 0.4) is 0 Å². The average molecular weight is 330 g/mol. The van der Waals surface area contributed by atoms with Gasteiger partial charge < -0.3 is 15.5 Å². The Labute approximate surface area is 137 Å². The normalized spacial score (nSPS) is 11.1. The van der Waals surface area contributed by atoms with E-state index in [9.17, 15) is 13.6 Å². The lowest BCUT2D eigenvalue weighted by molar-refractivity contribution is 0.100. The van der Waals surface area contributed by atoms with Crippen molar-refractivity contribution in [3.8, 4) is 11.3 Å². The topological polar surface area (TPSA) is 68.3 Å². The molecule has 0 atom stereocenters. The molecule has 3 N–H and O–H groups in total. The third-order valence-electron chi connectivity index (χ3n) is 3.72. The maximum atomic E-state index is 14.4. The van der Waals surface area contributed by atoms with Crippen LogP contribution in [0.15, 0.2) is 40.8 Å². The molecule has 0 aliphatic heterocycles. The molecular formula is C18H16F2N2O2. The number of fused-ring (bicyclic) bond motifs is 1. The molecule has 3 aromatic rings. The van der Waals surface area contributed by atoms with Crippen molar-refractivity contribution in [1.82, 2.24) is 5.32 Å². The molecule has 2 aromatic carbocycles. The molecule has 0 bridgehead atoms. The van der Waals surface area contributed by atoms with Gasteiger partial charge in [-0.3, -0.25) is 4.79 Å². The highest BCUT2D eigenvalue weighted by Crippen LogP contribution is 2.32. The lowest BCUT2D eigenvalue weighted by atomic mass is 10.1. The Balaban J connectivity index is 2.07. The van der Waals surface area contributed by atoms with Crippen molar-refractivity contribution in [3.63, 3.8) is 0 Å². The molecule has 0 aliphatic rings. The van der Waals surface area contributed by atoms with Gasteiger partial charge in [0.2, 0.25) is 0 Å². The van der Waals surface area contributed by atoms with E-state index in [-0.39, 0.29) is 22.5 Å². The van der Waals surface area contributed by atoms with Crippen LogP contribution < -0.4 is 11.1 Å². The molecule has 1 heterocycles. The highest BCUT2D eigenvalue weighted by molar-refractivity contribution is 6.04. The van der Waals surface area contributed by atoms with Crippen molar-refractivity contribution in [1.29, 1.82) is 0 Å². The summed E-state index contributed by atoms with van der Waals surface area (Å²) in [4.78, 5) is 11.4. The first-order valence-electron chi connectivity index (χ1n) is 7.52. The van der Waals surface area contributed by atoms with Gasteiger partial charge in [0.1, 0.15) is 23.0 Å². The van der Waals surface area contributed by atoms with Crippen LogP contribution >= 0.6 is 0 Å². The summed E-state index contributed by atoms with van der Waals surface area (Å²) < 4.78 is 33.5. The van der Waals surface area contributed by atoms with E-state index in [1.807, 2.05) is 6.92 Å². The van der Waals surface area contributed by atoms with Gasteiger partial charge in [-0.1, -0.05) is 13.0 Å². The van der Waals surface area contributed by atoms with Crippen LogP contribution in [-0.2, 0) is 6.54 Å². The quantitative estimate of drug-likeness (QED) is 0.751. The maximum absolute atomic E-state index is 14.4. The summed E-state index contributed by atoms with van der Waals surface area (Å²) in [6, 6.07) is 8.51. The molecule has 0 fully saturated rings. The van der Waals surface area contributed by atoms with Crippen LogP contribution in [0.5, 0.6) is 0 Å². The van der Waals surface area contributed by atoms with Crippen LogP contribution in [0.1, 0.15) is 22.8 Å². The standard InChI is InChI=1S/C18H16F2N2O2/c1-2-22-9-10-3-4-13(15(20)5-10)16-7-11-6-12(19)8-14(18(21)23)17(11)24-16/h3-8,22H,2,9H2,1H3,(H2,21,23). The number of carbonyl (C=O) groups excluding carboxylic acids is 1. The minimum absolute atomic E-state index is 0.0691. The third kappa shape index (κ3) is 3.00. The predicted octanol–water partition coefficient (Wildman–Crippen LogP) is 3.59. The SMILES string of the molecule is CCNCc1ccc(-c2cc3cc(F)cc(C(N)=O)c3o2)c(F)c1. The van der Waals surface area contributed by atoms with Crippen molar-refractivity contribution < 1.29 is 18.0 Å². The monoisotopic (exact) mass is 330 g/mol. The molecule has 0 radical (unpaired) electrons. The number of nitrogens with two attached hydrogens (primary N) is 1.